The number of hydrogen-bond donors (Lipinski definition) is 0. The quantitative estimate of drug-likeness (QED) is 0.557. The van der Waals surface area contributed by atoms with Gasteiger partial charge in [0.1, 0.15) is 5.60 Å². The van der Waals surface area contributed by atoms with Gasteiger partial charge in [0, 0.05) is 5.92 Å². The highest BCUT2D eigenvalue weighted by Crippen LogP contribution is 2.75. The van der Waals surface area contributed by atoms with E-state index in [-0.39, 0.29) is 17.0 Å². The summed E-state index contributed by atoms with van der Waals surface area (Å²) >= 11 is 0. The Labute approximate surface area is 160 Å². The van der Waals surface area contributed by atoms with Crippen molar-refractivity contribution in [1.29, 1.82) is 0 Å². The maximum atomic E-state index is 12.9. The van der Waals surface area contributed by atoms with Crippen LogP contribution in [-0.2, 0) is 9.53 Å². The van der Waals surface area contributed by atoms with Gasteiger partial charge >= 0.3 is 5.97 Å². The molecule has 6 saturated carbocycles. The first-order chi connectivity index (χ1) is 12.3. The number of carbonyl (C=O) groups excluding carboxylic acids is 1. The van der Waals surface area contributed by atoms with Gasteiger partial charge in [-0.25, -0.2) is 0 Å². The van der Waals surface area contributed by atoms with E-state index in [9.17, 15) is 4.79 Å². The average molecular weight is 361 g/mol. The molecule has 0 aromatic carbocycles. The van der Waals surface area contributed by atoms with E-state index >= 15 is 0 Å². The third kappa shape index (κ3) is 2.32. The second-order valence-electron chi connectivity index (χ2n) is 10.9. The first kappa shape index (κ1) is 18.8. The topological polar surface area (TPSA) is 26.3 Å². The fraction of sp³-hybridized carbons (Fsp3) is 0.958. The monoisotopic (exact) mass is 360 g/mol. The molecular weight excluding hydrogens is 320 g/mol. The van der Waals surface area contributed by atoms with Gasteiger partial charge in [-0.3, -0.25) is 4.79 Å². The van der Waals surface area contributed by atoms with Crippen molar-refractivity contribution in [2.24, 2.45) is 46.3 Å². The Morgan fingerprint density at radius 1 is 1.15 bits per heavy atom. The van der Waals surface area contributed by atoms with Gasteiger partial charge in [-0.1, -0.05) is 20.8 Å². The van der Waals surface area contributed by atoms with E-state index in [2.05, 4.69) is 27.7 Å². The van der Waals surface area contributed by atoms with Gasteiger partial charge in [-0.2, -0.15) is 0 Å². The summed E-state index contributed by atoms with van der Waals surface area (Å²) in [5.41, 5.74) is 0.115. The molecule has 6 aliphatic carbocycles. The van der Waals surface area contributed by atoms with Crippen LogP contribution in [0.1, 0.15) is 92.9 Å². The largest absolute Gasteiger partial charge is 0.458 e. The third-order valence-corrected chi connectivity index (χ3v) is 9.66. The first-order valence-electron chi connectivity index (χ1n) is 11.5. The van der Waals surface area contributed by atoms with Gasteiger partial charge in [-0.05, 0) is 107 Å². The molecule has 6 rings (SSSR count). The summed E-state index contributed by atoms with van der Waals surface area (Å²) in [7, 11) is 0. The molecule has 0 heterocycles. The lowest BCUT2D eigenvalue weighted by atomic mass is 9.32. The van der Waals surface area contributed by atoms with Crippen LogP contribution < -0.4 is 0 Å². The summed E-state index contributed by atoms with van der Waals surface area (Å²) in [5.74, 6) is 4.97. The molecule has 1 spiro atoms. The summed E-state index contributed by atoms with van der Waals surface area (Å²) in [5, 5.41) is 0. The normalized spacial score (nSPS) is 50.2. The van der Waals surface area contributed by atoms with Crippen molar-refractivity contribution in [2.45, 2.75) is 98.5 Å². The van der Waals surface area contributed by atoms with Crippen molar-refractivity contribution in [1.82, 2.24) is 0 Å². The molecule has 0 N–H and O–H groups in total. The van der Waals surface area contributed by atoms with E-state index in [0.29, 0.717) is 17.3 Å². The molecule has 0 radical (unpaired) electrons. The SMILES string of the molecule is CC.CCC(C)(C)C(=O)OC1(C)C2CC3CC4(CCC5CC3C1C4C5)C2. The van der Waals surface area contributed by atoms with E-state index in [1.807, 2.05) is 13.8 Å². The van der Waals surface area contributed by atoms with Gasteiger partial charge in [-0.15, -0.1) is 0 Å². The number of hydrogen-bond acceptors (Lipinski definition) is 2. The van der Waals surface area contributed by atoms with Gasteiger partial charge < -0.3 is 4.74 Å². The van der Waals surface area contributed by atoms with Crippen molar-refractivity contribution < 1.29 is 9.53 Å². The van der Waals surface area contributed by atoms with Crippen LogP contribution in [0.2, 0.25) is 0 Å². The number of ether oxygens (including phenoxy) is 1. The van der Waals surface area contributed by atoms with E-state index in [1.165, 1.54) is 44.9 Å². The van der Waals surface area contributed by atoms with Crippen molar-refractivity contribution in [3.8, 4) is 0 Å². The third-order valence-electron chi connectivity index (χ3n) is 9.66. The Morgan fingerprint density at radius 3 is 2.58 bits per heavy atom. The smallest absolute Gasteiger partial charge is 0.312 e. The predicted molar refractivity (Wildman–Crippen MR) is 106 cm³/mol. The zero-order valence-electron chi connectivity index (χ0n) is 17.9. The number of carbonyl (C=O) groups is 1. The number of esters is 1. The Hall–Kier alpha value is -0.530. The van der Waals surface area contributed by atoms with Crippen molar-refractivity contribution in [2.75, 3.05) is 0 Å². The Morgan fingerprint density at radius 2 is 1.88 bits per heavy atom. The van der Waals surface area contributed by atoms with Gasteiger partial charge in [0.05, 0.1) is 5.41 Å². The molecule has 0 aromatic rings. The number of fused-ring (bicyclic) bond motifs is 1. The fourth-order valence-electron chi connectivity index (χ4n) is 8.09. The molecule has 6 aliphatic rings. The first-order valence-corrected chi connectivity index (χ1v) is 11.5. The Balaban J connectivity index is 0.000000814. The highest BCUT2D eigenvalue weighted by atomic mass is 16.6. The van der Waals surface area contributed by atoms with Crippen LogP contribution in [0.3, 0.4) is 0 Å². The van der Waals surface area contributed by atoms with Crippen molar-refractivity contribution in [3.05, 3.63) is 0 Å². The standard InChI is InChI=1S/C22H34O2.C2H6/c1-5-20(2,3)19(23)24-21(4)15-10-14-11-22(12-15)7-6-13-8-16(14)18(21)17(22)9-13;1-2/h13-18H,5-12H2,1-4H3;1-2H3. The molecule has 0 amide bonds. The van der Waals surface area contributed by atoms with Gasteiger partial charge in [0.15, 0.2) is 0 Å². The van der Waals surface area contributed by atoms with Crippen LogP contribution in [0, 0.1) is 46.3 Å². The van der Waals surface area contributed by atoms with Crippen LogP contribution in [0.5, 0.6) is 0 Å². The summed E-state index contributed by atoms with van der Waals surface area (Å²) in [6.45, 7) is 12.5. The molecule has 6 fully saturated rings. The van der Waals surface area contributed by atoms with Crippen LogP contribution in [-0.4, -0.2) is 11.6 Å². The second kappa shape index (κ2) is 5.98. The zero-order valence-corrected chi connectivity index (χ0v) is 17.9. The minimum absolute atomic E-state index is 0.0562. The molecule has 148 valence electrons. The van der Waals surface area contributed by atoms with Crippen LogP contribution in [0.4, 0.5) is 0 Å². The number of rotatable bonds is 3. The highest BCUT2D eigenvalue weighted by Gasteiger charge is 2.72. The molecule has 0 saturated heterocycles. The van der Waals surface area contributed by atoms with Crippen molar-refractivity contribution >= 4 is 5.97 Å². The second-order valence-corrected chi connectivity index (χ2v) is 10.9. The van der Waals surface area contributed by atoms with Gasteiger partial charge in [0.25, 0.3) is 0 Å². The molecular formula is C24H40O2. The van der Waals surface area contributed by atoms with E-state index in [4.69, 9.17) is 4.74 Å². The van der Waals surface area contributed by atoms with E-state index < -0.39 is 0 Å². The highest BCUT2D eigenvalue weighted by molar-refractivity contribution is 5.76. The van der Waals surface area contributed by atoms with Crippen LogP contribution >= 0.6 is 0 Å². The maximum Gasteiger partial charge on any atom is 0.312 e. The van der Waals surface area contributed by atoms with E-state index in [0.717, 1.165) is 30.1 Å². The average Bonchev–Trinajstić information content (AvgIpc) is 2.64. The molecule has 0 aromatic heterocycles. The Kier molecular flexibility index (Phi) is 4.33. The summed E-state index contributed by atoms with van der Waals surface area (Å²) in [6, 6.07) is 0. The minimum Gasteiger partial charge on any atom is -0.458 e. The van der Waals surface area contributed by atoms with Gasteiger partial charge in [0.2, 0.25) is 0 Å². The van der Waals surface area contributed by atoms with Crippen molar-refractivity contribution in [3.63, 3.8) is 0 Å². The molecule has 26 heavy (non-hydrogen) atoms. The zero-order chi connectivity index (χ0) is 18.9. The molecule has 2 heteroatoms. The molecule has 8 unspecified atom stereocenters. The summed E-state index contributed by atoms with van der Waals surface area (Å²) in [6.07, 6.45) is 10.9. The van der Waals surface area contributed by atoms with Crippen LogP contribution in [0.15, 0.2) is 0 Å². The lowest BCUT2D eigenvalue weighted by Crippen LogP contribution is -2.71. The summed E-state index contributed by atoms with van der Waals surface area (Å²) in [4.78, 5) is 12.9. The van der Waals surface area contributed by atoms with Crippen LogP contribution in [0.25, 0.3) is 0 Å². The molecule has 7 bridgehead atoms. The minimum atomic E-state index is -0.343. The predicted octanol–water partition coefficient (Wildman–Crippen LogP) is 6.23. The van der Waals surface area contributed by atoms with E-state index in [1.54, 1.807) is 0 Å². The lowest BCUT2D eigenvalue weighted by molar-refractivity contribution is -0.294. The maximum absolute atomic E-state index is 12.9. The lowest BCUT2D eigenvalue weighted by Gasteiger charge is -2.74. The molecule has 2 nitrogen and oxygen atoms in total. The molecule has 8 atom stereocenters. The summed E-state index contributed by atoms with van der Waals surface area (Å²) < 4.78 is 6.47. The molecule has 0 aliphatic heterocycles. The Bertz CT molecular complexity index is 579. The fourth-order valence-corrected chi connectivity index (χ4v) is 8.09.